The molecule has 0 radical (unpaired) electrons. The highest BCUT2D eigenvalue weighted by atomic mass is 31.2. The maximum atomic E-state index is 12.3. The largest absolute Gasteiger partial charge is 0.480 e. The second-order valence-corrected chi connectivity index (χ2v) is 15.6. The normalized spacial score (nSPS) is 13.9. The Balaban J connectivity index is 3.94. The fraction of sp³-hybridized carbons (Fsp3) is 0.875. The summed E-state index contributed by atoms with van der Waals surface area (Å²) in [7, 11) is -4.75. The highest BCUT2D eigenvalue weighted by Gasteiger charge is 2.28. The van der Waals surface area contributed by atoms with Gasteiger partial charge in [0.15, 0.2) is 6.04 Å². The van der Waals surface area contributed by atoms with Crippen molar-refractivity contribution in [3.63, 3.8) is 0 Å². The van der Waals surface area contributed by atoms with Gasteiger partial charge < -0.3 is 25.2 Å². The third-order valence-corrected chi connectivity index (χ3v) is 10.0. The summed E-state index contributed by atoms with van der Waals surface area (Å²) in [5.41, 5.74) is 0. The van der Waals surface area contributed by atoms with Crippen LogP contribution in [0.5, 0.6) is 0 Å². The van der Waals surface area contributed by atoms with E-state index in [1.54, 1.807) is 0 Å². The van der Waals surface area contributed by atoms with Gasteiger partial charge in [0.2, 0.25) is 5.91 Å². The molecule has 0 aromatic carbocycles. The molecule has 306 valence electrons. The third-order valence-electron chi connectivity index (χ3n) is 9.05. The van der Waals surface area contributed by atoms with Crippen LogP contribution in [0.4, 0.5) is 0 Å². The smallest absolute Gasteiger partial charge is 0.472 e. The maximum Gasteiger partial charge on any atom is 0.472 e. The second kappa shape index (κ2) is 36.2. The number of phosphoric ester groups is 1. The van der Waals surface area contributed by atoms with E-state index in [1.807, 2.05) is 0 Å². The molecule has 0 rings (SSSR count). The molecule has 3 unspecified atom stereocenters. The first-order valence-corrected chi connectivity index (χ1v) is 22.2. The Hall–Kier alpha value is -1.78. The van der Waals surface area contributed by atoms with E-state index in [1.165, 1.54) is 96.3 Å². The summed E-state index contributed by atoms with van der Waals surface area (Å²) in [5.74, 6) is -2.38. The quantitative estimate of drug-likeness (QED) is 0.0205. The van der Waals surface area contributed by atoms with E-state index in [0.29, 0.717) is 12.8 Å². The predicted molar refractivity (Wildman–Crippen MR) is 208 cm³/mol. The number of amides is 1. The molecule has 52 heavy (non-hydrogen) atoms. The second-order valence-electron chi connectivity index (χ2n) is 14.2. The van der Waals surface area contributed by atoms with Gasteiger partial charge in [-0.05, 0) is 38.5 Å². The van der Waals surface area contributed by atoms with Gasteiger partial charge >= 0.3 is 19.8 Å². The fourth-order valence-electron chi connectivity index (χ4n) is 5.78. The minimum atomic E-state index is -4.75. The first-order chi connectivity index (χ1) is 25.1. The molecule has 0 aromatic heterocycles. The highest BCUT2D eigenvalue weighted by molar-refractivity contribution is 7.47. The van der Waals surface area contributed by atoms with Crippen LogP contribution in [0.2, 0.25) is 0 Å². The van der Waals surface area contributed by atoms with Gasteiger partial charge in [0.1, 0.15) is 12.7 Å². The van der Waals surface area contributed by atoms with E-state index in [0.717, 1.165) is 57.8 Å². The molecule has 0 spiro atoms. The van der Waals surface area contributed by atoms with Crippen LogP contribution < -0.4 is 5.32 Å². The Morgan fingerprint density at radius 3 is 1.46 bits per heavy atom. The van der Waals surface area contributed by atoms with Gasteiger partial charge in [-0.1, -0.05) is 154 Å². The molecule has 0 heterocycles. The lowest BCUT2D eigenvalue weighted by Crippen LogP contribution is -2.43. The van der Waals surface area contributed by atoms with Crippen molar-refractivity contribution in [3.05, 3.63) is 12.2 Å². The lowest BCUT2D eigenvalue weighted by Gasteiger charge is -2.18. The number of aliphatic hydroxyl groups excluding tert-OH is 1. The monoisotopic (exact) mass is 762 g/mol. The molecule has 0 saturated carbocycles. The average Bonchev–Trinajstić information content (AvgIpc) is 3.11. The maximum absolute atomic E-state index is 12.3. The molecule has 0 fully saturated rings. The molecule has 4 N–H and O–H groups in total. The number of nitrogens with one attached hydrogen (secondary N) is 1. The van der Waals surface area contributed by atoms with Crippen LogP contribution in [0.3, 0.4) is 0 Å². The summed E-state index contributed by atoms with van der Waals surface area (Å²) in [5, 5.41) is 21.8. The number of rotatable bonds is 39. The summed E-state index contributed by atoms with van der Waals surface area (Å²) in [6, 6.07) is -1.55. The Kier molecular flexibility index (Phi) is 35.0. The average molecular weight is 762 g/mol. The number of carbonyl (C=O) groups excluding carboxylic acids is 2. The number of aliphatic hydroxyl groups is 1. The number of ether oxygens (including phenoxy) is 1. The lowest BCUT2D eigenvalue weighted by atomic mass is 10.0. The lowest BCUT2D eigenvalue weighted by molar-refractivity contribution is -0.147. The minimum absolute atomic E-state index is 0.139. The van der Waals surface area contributed by atoms with Gasteiger partial charge in [-0.2, -0.15) is 0 Å². The van der Waals surface area contributed by atoms with E-state index >= 15 is 0 Å². The number of allylic oxidation sites excluding steroid dienone is 2. The zero-order valence-electron chi connectivity index (χ0n) is 32.9. The molecule has 11 nitrogen and oxygen atoms in total. The van der Waals surface area contributed by atoms with Crippen molar-refractivity contribution in [2.45, 2.75) is 206 Å². The molecular weight excluding hydrogens is 685 g/mol. The molecule has 0 bridgehead atoms. The van der Waals surface area contributed by atoms with E-state index in [9.17, 15) is 34.1 Å². The summed E-state index contributed by atoms with van der Waals surface area (Å²) < 4.78 is 26.8. The van der Waals surface area contributed by atoms with E-state index in [-0.39, 0.29) is 12.8 Å². The number of esters is 1. The molecule has 0 aliphatic carbocycles. The van der Waals surface area contributed by atoms with Crippen LogP contribution in [0.15, 0.2) is 12.2 Å². The number of carbonyl (C=O) groups is 3. The van der Waals surface area contributed by atoms with Crippen LogP contribution in [-0.2, 0) is 32.7 Å². The van der Waals surface area contributed by atoms with Crippen molar-refractivity contribution >= 4 is 25.7 Å². The number of aliphatic carboxylic acids is 1. The van der Waals surface area contributed by atoms with Gasteiger partial charge in [-0.15, -0.1) is 0 Å². The van der Waals surface area contributed by atoms with Crippen LogP contribution >= 0.6 is 7.82 Å². The molecular formula is C40H76NO10P. The van der Waals surface area contributed by atoms with Crippen LogP contribution in [-0.4, -0.2) is 64.9 Å². The van der Waals surface area contributed by atoms with Crippen molar-refractivity contribution in [2.24, 2.45) is 0 Å². The first kappa shape index (κ1) is 50.2. The molecule has 0 aliphatic heterocycles. The SMILES string of the molecule is CCCCCCCCC/C=C\CCCCCCCC(=O)NC(COP(=O)(O)OCC(O)COC(=O)CCCCCCCCCCCCCC)C(=O)O. The molecule has 12 heteroatoms. The van der Waals surface area contributed by atoms with Crippen LogP contribution in [0.1, 0.15) is 194 Å². The first-order valence-electron chi connectivity index (χ1n) is 20.7. The van der Waals surface area contributed by atoms with Crippen LogP contribution in [0.25, 0.3) is 0 Å². The summed E-state index contributed by atoms with van der Waals surface area (Å²) in [6.45, 7) is 2.58. The van der Waals surface area contributed by atoms with Crippen molar-refractivity contribution in [1.82, 2.24) is 5.32 Å². The summed E-state index contributed by atoms with van der Waals surface area (Å²) in [4.78, 5) is 45.8. The van der Waals surface area contributed by atoms with Crippen molar-refractivity contribution < 1.29 is 47.8 Å². The third kappa shape index (κ3) is 35.3. The number of hydrogen-bond acceptors (Lipinski definition) is 8. The highest BCUT2D eigenvalue weighted by Crippen LogP contribution is 2.43. The minimum Gasteiger partial charge on any atom is -0.480 e. The molecule has 1 amide bonds. The molecule has 3 atom stereocenters. The number of carboxylic acid groups (broad SMARTS) is 1. The van der Waals surface area contributed by atoms with E-state index < -0.39 is 57.6 Å². The van der Waals surface area contributed by atoms with Gasteiger partial charge in [0.05, 0.1) is 13.2 Å². The van der Waals surface area contributed by atoms with Gasteiger partial charge in [-0.3, -0.25) is 18.6 Å². The van der Waals surface area contributed by atoms with Crippen molar-refractivity contribution in [2.75, 3.05) is 19.8 Å². The Morgan fingerprint density at radius 2 is 1.00 bits per heavy atom. The van der Waals surface area contributed by atoms with Gasteiger partial charge in [-0.25, -0.2) is 9.36 Å². The van der Waals surface area contributed by atoms with Gasteiger partial charge in [0, 0.05) is 12.8 Å². The fourth-order valence-corrected chi connectivity index (χ4v) is 6.55. The van der Waals surface area contributed by atoms with Crippen molar-refractivity contribution in [3.8, 4) is 0 Å². The summed E-state index contributed by atoms with van der Waals surface area (Å²) in [6.07, 6.45) is 33.8. The topological polar surface area (TPSA) is 169 Å². The zero-order valence-corrected chi connectivity index (χ0v) is 33.8. The summed E-state index contributed by atoms with van der Waals surface area (Å²) >= 11 is 0. The molecule has 0 saturated heterocycles. The van der Waals surface area contributed by atoms with E-state index in [4.69, 9.17) is 13.8 Å². The molecule has 0 aliphatic rings. The Labute approximate surface area is 316 Å². The standard InChI is InChI=1S/C40H76NO10P/c1-3-5-7-9-11-13-15-17-18-19-20-21-23-25-27-29-31-38(43)41-37(40(45)46)35-51-52(47,48)50-34-36(42)33-49-39(44)32-30-28-26-24-22-16-14-12-10-8-6-4-2/h18-19,36-37,42H,3-17,20-35H2,1-2H3,(H,41,43)(H,45,46)(H,47,48)/b19-18-. The predicted octanol–water partition coefficient (Wildman–Crippen LogP) is 10.1. The number of phosphoric acid groups is 1. The number of carboxylic acids is 1. The van der Waals surface area contributed by atoms with Gasteiger partial charge in [0.25, 0.3) is 0 Å². The van der Waals surface area contributed by atoms with Crippen LogP contribution in [0, 0.1) is 0 Å². The van der Waals surface area contributed by atoms with E-state index in [2.05, 4.69) is 31.3 Å². The Bertz CT molecular complexity index is 947. The zero-order chi connectivity index (χ0) is 38.5. The number of unbranched alkanes of at least 4 members (excludes halogenated alkanes) is 23. The molecule has 0 aromatic rings. The van der Waals surface area contributed by atoms with Crippen molar-refractivity contribution in [1.29, 1.82) is 0 Å². The number of hydrogen-bond donors (Lipinski definition) is 4. The Morgan fingerprint density at radius 1 is 0.596 bits per heavy atom.